The fourth-order valence-corrected chi connectivity index (χ4v) is 2.98. The fourth-order valence-electron chi connectivity index (χ4n) is 2.98. The lowest BCUT2D eigenvalue weighted by Crippen LogP contribution is -2.27. The Labute approximate surface area is 147 Å². The zero-order valence-corrected chi connectivity index (χ0v) is 14.0. The molecule has 0 aliphatic carbocycles. The van der Waals surface area contributed by atoms with E-state index in [1.165, 1.54) is 16.8 Å². The van der Waals surface area contributed by atoms with Gasteiger partial charge < -0.3 is 5.32 Å². The van der Waals surface area contributed by atoms with Crippen LogP contribution < -0.4 is 11.0 Å². The highest BCUT2D eigenvalue weighted by Crippen LogP contribution is 2.28. The lowest BCUT2D eigenvalue weighted by atomic mass is 10.2. The van der Waals surface area contributed by atoms with Crippen molar-refractivity contribution in [2.45, 2.75) is 38.8 Å². The monoisotopic (exact) mass is 362 g/mol. The second-order valence-electron chi connectivity index (χ2n) is 6.03. The van der Waals surface area contributed by atoms with Gasteiger partial charge in [0.2, 0.25) is 0 Å². The molecule has 0 unspecified atom stereocenters. The largest absolute Gasteiger partial charge is 0.379 e. The summed E-state index contributed by atoms with van der Waals surface area (Å²) >= 11 is 0. The second-order valence-corrected chi connectivity index (χ2v) is 6.03. The van der Waals surface area contributed by atoms with E-state index >= 15 is 0 Å². The Bertz CT molecular complexity index is 902. The van der Waals surface area contributed by atoms with Crippen LogP contribution in [0.4, 0.5) is 17.1 Å². The molecule has 26 heavy (non-hydrogen) atoms. The van der Waals surface area contributed by atoms with Gasteiger partial charge in [0.1, 0.15) is 11.5 Å². The Morgan fingerprint density at radius 1 is 1.19 bits per heavy atom. The molecule has 0 amide bonds. The van der Waals surface area contributed by atoms with E-state index in [1.807, 2.05) is 0 Å². The van der Waals surface area contributed by atoms with E-state index in [0.717, 1.165) is 31.2 Å². The van der Waals surface area contributed by atoms with E-state index in [1.54, 1.807) is 4.57 Å². The highest BCUT2D eigenvalue weighted by molar-refractivity contribution is 5.65. The number of anilines is 1. The van der Waals surface area contributed by atoms with Crippen LogP contribution in [0.3, 0.4) is 0 Å². The van der Waals surface area contributed by atoms with Gasteiger partial charge in [0.05, 0.1) is 15.9 Å². The molecule has 1 aliphatic heterocycles. The molecule has 1 aliphatic rings. The molecule has 11 heteroatoms. The highest BCUT2D eigenvalue weighted by atomic mass is 16.6. The van der Waals surface area contributed by atoms with Gasteiger partial charge in [-0.1, -0.05) is 0 Å². The molecule has 1 aromatic carbocycles. The molecular formula is C15H18N6O5. The van der Waals surface area contributed by atoms with Crippen LogP contribution in [0.2, 0.25) is 0 Å². The Hall–Kier alpha value is -3.24. The third-order valence-electron chi connectivity index (χ3n) is 4.28. The zero-order chi connectivity index (χ0) is 18.7. The van der Waals surface area contributed by atoms with Crippen molar-refractivity contribution in [3.63, 3.8) is 0 Å². The first-order valence-electron chi connectivity index (χ1n) is 8.30. The normalized spacial score (nSPS) is 13.2. The summed E-state index contributed by atoms with van der Waals surface area (Å²) in [5.74, 6) is 0.806. The summed E-state index contributed by atoms with van der Waals surface area (Å²) in [6, 6.07) is 3.46. The molecule has 138 valence electrons. The predicted octanol–water partition coefficient (Wildman–Crippen LogP) is 1.70. The fraction of sp³-hybridized carbons (Fsp3) is 0.467. The van der Waals surface area contributed by atoms with Gasteiger partial charge >= 0.3 is 5.69 Å². The molecule has 0 saturated heterocycles. The van der Waals surface area contributed by atoms with Crippen LogP contribution in [0.1, 0.15) is 25.1 Å². The molecule has 0 atom stereocenters. The number of aromatic nitrogens is 3. The Balaban J connectivity index is 1.62. The van der Waals surface area contributed by atoms with Crippen molar-refractivity contribution in [3.05, 3.63) is 54.7 Å². The van der Waals surface area contributed by atoms with Crippen molar-refractivity contribution < 1.29 is 9.85 Å². The van der Waals surface area contributed by atoms with Crippen LogP contribution in [0.15, 0.2) is 23.0 Å². The van der Waals surface area contributed by atoms with E-state index in [-0.39, 0.29) is 22.8 Å². The van der Waals surface area contributed by atoms with Gasteiger partial charge in [-0.3, -0.25) is 24.8 Å². The molecule has 11 nitrogen and oxygen atoms in total. The standard InChI is InChI=1S/C15H18N6O5/c22-15-18-8-2-1-4-14(18)17-19(15)9-3-7-16-12-6-5-11(20(23)24)10-13(12)21(25)26/h5-6,10,16H,1-4,7-9H2. The van der Waals surface area contributed by atoms with Crippen LogP contribution in [0, 0.1) is 20.2 Å². The van der Waals surface area contributed by atoms with Crippen LogP contribution >= 0.6 is 0 Å². The van der Waals surface area contributed by atoms with E-state index in [4.69, 9.17) is 0 Å². The van der Waals surface area contributed by atoms with E-state index in [0.29, 0.717) is 26.1 Å². The number of hydrogen-bond donors (Lipinski definition) is 1. The molecule has 0 bridgehead atoms. The number of non-ortho nitro benzene ring substituents is 1. The maximum absolute atomic E-state index is 12.2. The number of benzene rings is 1. The van der Waals surface area contributed by atoms with Crippen LogP contribution in [0.25, 0.3) is 0 Å². The van der Waals surface area contributed by atoms with Gasteiger partial charge in [-0.15, -0.1) is 0 Å². The van der Waals surface area contributed by atoms with E-state index in [2.05, 4.69) is 10.4 Å². The minimum atomic E-state index is -0.677. The number of aryl methyl sites for hydroxylation is 2. The van der Waals surface area contributed by atoms with Crippen molar-refractivity contribution in [1.29, 1.82) is 0 Å². The van der Waals surface area contributed by atoms with Gasteiger partial charge in [-0.25, -0.2) is 9.48 Å². The Morgan fingerprint density at radius 2 is 2.00 bits per heavy atom. The highest BCUT2D eigenvalue weighted by Gasteiger charge is 2.19. The van der Waals surface area contributed by atoms with Crippen molar-refractivity contribution in [3.8, 4) is 0 Å². The first-order valence-corrected chi connectivity index (χ1v) is 8.30. The molecule has 1 N–H and O–H groups in total. The van der Waals surface area contributed by atoms with Crippen LogP contribution in [0.5, 0.6) is 0 Å². The molecule has 0 spiro atoms. The smallest absolute Gasteiger partial charge is 0.345 e. The number of nitrogens with one attached hydrogen (secondary N) is 1. The quantitative estimate of drug-likeness (QED) is 0.449. The van der Waals surface area contributed by atoms with Gasteiger partial charge in [-0.2, -0.15) is 5.10 Å². The van der Waals surface area contributed by atoms with E-state index < -0.39 is 9.85 Å². The first-order chi connectivity index (χ1) is 12.5. The summed E-state index contributed by atoms with van der Waals surface area (Å²) in [7, 11) is 0. The molecule has 0 fully saturated rings. The summed E-state index contributed by atoms with van der Waals surface area (Å²) in [4.78, 5) is 32.7. The topological polar surface area (TPSA) is 138 Å². The molecule has 2 aromatic rings. The predicted molar refractivity (Wildman–Crippen MR) is 92.3 cm³/mol. The number of rotatable bonds is 7. The molecule has 3 rings (SSSR count). The number of hydrogen-bond acceptors (Lipinski definition) is 7. The minimum Gasteiger partial charge on any atom is -0.379 e. The van der Waals surface area contributed by atoms with Gasteiger partial charge in [0.25, 0.3) is 11.4 Å². The number of nitro groups is 2. The van der Waals surface area contributed by atoms with Crippen LogP contribution in [-0.2, 0) is 19.5 Å². The maximum atomic E-state index is 12.2. The number of nitrogens with zero attached hydrogens (tertiary/aromatic N) is 5. The lowest BCUT2D eigenvalue weighted by Gasteiger charge is -2.09. The Kier molecular flexibility index (Phi) is 4.96. The third kappa shape index (κ3) is 3.55. The maximum Gasteiger partial charge on any atom is 0.345 e. The zero-order valence-electron chi connectivity index (χ0n) is 14.0. The van der Waals surface area contributed by atoms with Gasteiger partial charge in [0, 0.05) is 32.1 Å². The third-order valence-corrected chi connectivity index (χ3v) is 4.28. The summed E-state index contributed by atoms with van der Waals surface area (Å²) in [5, 5.41) is 29.1. The number of fused-ring (bicyclic) bond motifs is 1. The van der Waals surface area contributed by atoms with Crippen molar-refractivity contribution >= 4 is 17.1 Å². The average Bonchev–Trinajstić information content (AvgIpc) is 2.95. The summed E-state index contributed by atoms with van der Waals surface area (Å²) < 4.78 is 3.12. The SMILES string of the molecule is O=c1n(CCCNc2ccc([N+](=O)[O-])cc2[N+](=O)[O-])nc2n1CCCC2. The van der Waals surface area contributed by atoms with Gasteiger partial charge in [-0.05, 0) is 25.3 Å². The molecule has 1 aromatic heterocycles. The second kappa shape index (κ2) is 7.33. The summed E-state index contributed by atoms with van der Waals surface area (Å²) in [5.41, 5.74) is -0.607. The molecule has 0 saturated carbocycles. The molecule has 0 radical (unpaired) electrons. The first kappa shape index (κ1) is 17.6. The Morgan fingerprint density at radius 3 is 2.69 bits per heavy atom. The van der Waals surface area contributed by atoms with Crippen molar-refractivity contribution in [1.82, 2.24) is 14.3 Å². The number of nitro benzene ring substituents is 2. The molecular weight excluding hydrogens is 344 g/mol. The summed E-state index contributed by atoms with van der Waals surface area (Å²) in [6.07, 6.45) is 3.34. The minimum absolute atomic E-state index is 0.124. The van der Waals surface area contributed by atoms with Crippen molar-refractivity contribution in [2.75, 3.05) is 11.9 Å². The average molecular weight is 362 g/mol. The van der Waals surface area contributed by atoms with Gasteiger partial charge in [0.15, 0.2) is 0 Å². The van der Waals surface area contributed by atoms with Crippen LogP contribution in [-0.4, -0.2) is 30.7 Å². The van der Waals surface area contributed by atoms with Crippen molar-refractivity contribution in [2.24, 2.45) is 0 Å². The van der Waals surface area contributed by atoms with E-state index in [9.17, 15) is 25.0 Å². The lowest BCUT2D eigenvalue weighted by molar-refractivity contribution is -0.393. The molecule has 2 heterocycles. The summed E-state index contributed by atoms with van der Waals surface area (Å²) in [6.45, 7) is 1.46.